The van der Waals surface area contributed by atoms with E-state index >= 15 is 0 Å². The Morgan fingerprint density at radius 3 is 2.68 bits per heavy atom. The Morgan fingerprint density at radius 2 is 1.95 bits per heavy atom. The van der Waals surface area contributed by atoms with E-state index in [4.69, 9.17) is 0 Å². The van der Waals surface area contributed by atoms with Crippen LogP contribution in [0.25, 0.3) is 5.65 Å². The van der Waals surface area contributed by atoms with Crippen molar-refractivity contribution in [3.8, 4) is 0 Å². The van der Waals surface area contributed by atoms with Crippen LogP contribution in [-0.4, -0.2) is 20.9 Å². The van der Waals surface area contributed by atoms with Crippen LogP contribution < -0.4 is 0 Å². The van der Waals surface area contributed by atoms with Gasteiger partial charge in [-0.05, 0) is 29.8 Å². The van der Waals surface area contributed by atoms with Gasteiger partial charge >= 0.3 is 0 Å². The SMILES string of the molecule is O=Cc1ccn2c(Cc3ccc(Br)cc3)nnc2c1. The van der Waals surface area contributed by atoms with Crippen LogP contribution in [0.1, 0.15) is 21.7 Å². The third-order valence-electron chi connectivity index (χ3n) is 2.92. The molecular weight excluding hydrogens is 306 g/mol. The molecule has 3 rings (SSSR count). The molecule has 0 atom stereocenters. The van der Waals surface area contributed by atoms with Crippen molar-refractivity contribution in [3.05, 3.63) is 64.0 Å². The minimum absolute atomic E-state index is 0.607. The van der Waals surface area contributed by atoms with Crippen LogP contribution in [0.5, 0.6) is 0 Å². The predicted octanol–water partition coefficient (Wildman–Crippen LogP) is 2.90. The first-order valence-electron chi connectivity index (χ1n) is 5.79. The lowest BCUT2D eigenvalue weighted by Gasteiger charge is -2.01. The van der Waals surface area contributed by atoms with Gasteiger partial charge in [0.25, 0.3) is 0 Å². The van der Waals surface area contributed by atoms with Gasteiger partial charge in [0.15, 0.2) is 5.65 Å². The molecule has 0 unspecified atom stereocenters. The molecule has 1 aromatic carbocycles. The molecule has 0 fully saturated rings. The Labute approximate surface area is 118 Å². The van der Waals surface area contributed by atoms with E-state index in [1.807, 2.05) is 34.9 Å². The van der Waals surface area contributed by atoms with Crippen LogP contribution in [0.4, 0.5) is 0 Å². The first-order chi connectivity index (χ1) is 9.26. The summed E-state index contributed by atoms with van der Waals surface area (Å²) in [7, 11) is 0. The quantitative estimate of drug-likeness (QED) is 0.698. The molecular formula is C14H10BrN3O. The zero-order chi connectivity index (χ0) is 13.2. The van der Waals surface area contributed by atoms with Crippen LogP contribution in [0.2, 0.25) is 0 Å². The lowest BCUT2D eigenvalue weighted by molar-refractivity contribution is 0.112. The van der Waals surface area contributed by atoms with Gasteiger partial charge in [-0.3, -0.25) is 9.20 Å². The molecule has 2 heterocycles. The van der Waals surface area contributed by atoms with Crippen LogP contribution >= 0.6 is 15.9 Å². The van der Waals surface area contributed by atoms with E-state index in [-0.39, 0.29) is 0 Å². The summed E-state index contributed by atoms with van der Waals surface area (Å²) in [5, 5.41) is 8.26. The first kappa shape index (κ1) is 12.0. The molecule has 94 valence electrons. The standard InChI is InChI=1S/C14H10BrN3O/c15-12-3-1-10(2-4-12)7-13-16-17-14-8-11(9-19)5-6-18(13)14/h1-6,8-9H,7H2. The Balaban J connectivity index is 1.97. The molecule has 3 aromatic rings. The van der Waals surface area contributed by atoms with E-state index in [0.717, 1.165) is 22.1 Å². The van der Waals surface area contributed by atoms with Gasteiger partial charge in [-0.15, -0.1) is 10.2 Å². The molecule has 4 nitrogen and oxygen atoms in total. The monoisotopic (exact) mass is 315 g/mol. The van der Waals surface area contributed by atoms with Crippen molar-refractivity contribution < 1.29 is 4.79 Å². The Hall–Kier alpha value is -2.01. The highest BCUT2D eigenvalue weighted by Gasteiger charge is 2.06. The van der Waals surface area contributed by atoms with Gasteiger partial charge in [0.1, 0.15) is 12.1 Å². The number of hydrogen-bond donors (Lipinski definition) is 0. The van der Waals surface area contributed by atoms with Crippen LogP contribution in [0, 0.1) is 0 Å². The number of hydrogen-bond acceptors (Lipinski definition) is 3. The number of benzene rings is 1. The fraction of sp³-hybridized carbons (Fsp3) is 0.0714. The predicted molar refractivity (Wildman–Crippen MR) is 75.3 cm³/mol. The minimum atomic E-state index is 0.607. The molecule has 0 aliphatic carbocycles. The third-order valence-corrected chi connectivity index (χ3v) is 3.44. The normalized spacial score (nSPS) is 10.8. The zero-order valence-corrected chi connectivity index (χ0v) is 11.5. The molecule has 0 saturated carbocycles. The topological polar surface area (TPSA) is 47.3 Å². The average Bonchev–Trinajstić information content (AvgIpc) is 2.83. The maximum absolute atomic E-state index is 10.7. The third kappa shape index (κ3) is 2.42. The van der Waals surface area contributed by atoms with Gasteiger partial charge in [0.2, 0.25) is 0 Å². The van der Waals surface area contributed by atoms with Gasteiger partial charge < -0.3 is 0 Å². The van der Waals surface area contributed by atoms with E-state index in [1.54, 1.807) is 12.1 Å². The zero-order valence-electron chi connectivity index (χ0n) is 9.95. The number of aromatic nitrogens is 3. The summed E-state index contributed by atoms with van der Waals surface area (Å²) in [6.07, 6.45) is 3.34. The summed E-state index contributed by atoms with van der Waals surface area (Å²) >= 11 is 3.41. The number of carbonyl (C=O) groups excluding carboxylic acids is 1. The number of pyridine rings is 1. The summed E-state index contributed by atoms with van der Waals surface area (Å²) in [6.45, 7) is 0. The van der Waals surface area contributed by atoms with Gasteiger partial charge in [-0.25, -0.2) is 0 Å². The average molecular weight is 316 g/mol. The lowest BCUT2D eigenvalue weighted by Crippen LogP contribution is -1.96. The number of carbonyl (C=O) groups is 1. The van der Waals surface area contributed by atoms with E-state index in [0.29, 0.717) is 17.6 Å². The molecule has 0 aliphatic rings. The molecule has 0 aliphatic heterocycles. The van der Waals surface area contributed by atoms with Gasteiger partial charge in [0.05, 0.1) is 0 Å². The van der Waals surface area contributed by atoms with Crippen LogP contribution in [0.15, 0.2) is 47.1 Å². The smallest absolute Gasteiger partial charge is 0.161 e. The molecule has 2 aromatic heterocycles. The van der Waals surface area contributed by atoms with Crippen LogP contribution in [0.3, 0.4) is 0 Å². The van der Waals surface area contributed by atoms with Gasteiger partial charge in [0, 0.05) is 22.7 Å². The van der Waals surface area contributed by atoms with Crippen molar-refractivity contribution in [2.24, 2.45) is 0 Å². The van der Waals surface area contributed by atoms with Gasteiger partial charge in [-0.2, -0.15) is 0 Å². The fourth-order valence-corrected chi connectivity index (χ4v) is 2.20. The number of rotatable bonds is 3. The summed E-state index contributed by atoms with van der Waals surface area (Å²) in [6, 6.07) is 11.6. The largest absolute Gasteiger partial charge is 0.298 e. The molecule has 19 heavy (non-hydrogen) atoms. The fourth-order valence-electron chi connectivity index (χ4n) is 1.93. The Bertz CT molecular complexity index is 734. The van der Waals surface area contributed by atoms with E-state index < -0.39 is 0 Å². The van der Waals surface area contributed by atoms with Crippen LogP contribution in [-0.2, 0) is 6.42 Å². The summed E-state index contributed by atoms with van der Waals surface area (Å²) < 4.78 is 2.95. The number of fused-ring (bicyclic) bond motifs is 1. The molecule has 0 N–H and O–H groups in total. The molecule has 0 radical (unpaired) electrons. The molecule has 0 bridgehead atoms. The summed E-state index contributed by atoms with van der Waals surface area (Å²) in [4.78, 5) is 10.7. The Morgan fingerprint density at radius 1 is 1.16 bits per heavy atom. The number of nitrogens with zero attached hydrogens (tertiary/aromatic N) is 3. The van der Waals surface area contributed by atoms with Crippen molar-refractivity contribution in [1.29, 1.82) is 0 Å². The van der Waals surface area contributed by atoms with Crippen molar-refractivity contribution in [1.82, 2.24) is 14.6 Å². The second-order valence-corrected chi connectivity index (χ2v) is 5.14. The van der Waals surface area contributed by atoms with E-state index in [9.17, 15) is 4.79 Å². The van der Waals surface area contributed by atoms with Crippen molar-refractivity contribution in [3.63, 3.8) is 0 Å². The van der Waals surface area contributed by atoms with Crippen molar-refractivity contribution in [2.75, 3.05) is 0 Å². The molecule has 0 amide bonds. The second-order valence-electron chi connectivity index (χ2n) is 4.23. The molecule has 5 heteroatoms. The number of halogens is 1. The summed E-state index contributed by atoms with van der Waals surface area (Å²) in [5.41, 5.74) is 2.46. The van der Waals surface area contributed by atoms with Crippen molar-refractivity contribution in [2.45, 2.75) is 6.42 Å². The molecule has 0 spiro atoms. The highest BCUT2D eigenvalue weighted by molar-refractivity contribution is 9.10. The first-order valence-corrected chi connectivity index (χ1v) is 6.59. The van der Waals surface area contributed by atoms with E-state index in [1.165, 1.54) is 0 Å². The Kier molecular flexibility index (Phi) is 3.13. The minimum Gasteiger partial charge on any atom is -0.298 e. The highest BCUT2D eigenvalue weighted by Crippen LogP contribution is 2.14. The summed E-state index contributed by atoms with van der Waals surface area (Å²) in [5.74, 6) is 0.856. The maximum atomic E-state index is 10.7. The lowest BCUT2D eigenvalue weighted by atomic mass is 10.1. The maximum Gasteiger partial charge on any atom is 0.161 e. The van der Waals surface area contributed by atoms with E-state index in [2.05, 4.69) is 26.1 Å². The van der Waals surface area contributed by atoms with Gasteiger partial charge in [-0.1, -0.05) is 28.1 Å². The van der Waals surface area contributed by atoms with Crippen molar-refractivity contribution >= 4 is 27.9 Å². The molecule has 0 saturated heterocycles. The highest BCUT2D eigenvalue weighted by atomic mass is 79.9. The second kappa shape index (κ2) is 4.93. The number of aldehydes is 1.